The molecule has 0 aliphatic rings. The average Bonchev–Trinajstić information content (AvgIpc) is 2.54. The third kappa shape index (κ3) is 3.46. The van der Waals surface area contributed by atoms with Gasteiger partial charge in [0.25, 0.3) is 0 Å². The first-order chi connectivity index (χ1) is 8.47. The van der Waals surface area contributed by atoms with Gasteiger partial charge in [-0.2, -0.15) is 0 Å². The summed E-state index contributed by atoms with van der Waals surface area (Å²) in [4.78, 5) is 23.3. The Labute approximate surface area is 110 Å². The fourth-order valence-electron chi connectivity index (χ4n) is 1.57. The molecule has 0 aliphatic heterocycles. The molecule has 100 valence electrons. The number of anilines is 1. The highest BCUT2D eigenvalue weighted by Crippen LogP contribution is 2.31. The normalized spacial score (nSPS) is 10.2. The second-order valence-electron chi connectivity index (χ2n) is 3.70. The van der Waals surface area contributed by atoms with Crippen LogP contribution in [0.2, 0.25) is 0 Å². The van der Waals surface area contributed by atoms with Gasteiger partial charge in [0.1, 0.15) is 5.00 Å². The Kier molecular flexibility index (Phi) is 5.15. The van der Waals surface area contributed by atoms with Gasteiger partial charge in [0.2, 0.25) is 0 Å². The largest absolute Gasteiger partial charge is 0.465 e. The number of esters is 2. The van der Waals surface area contributed by atoms with Gasteiger partial charge >= 0.3 is 11.9 Å². The van der Waals surface area contributed by atoms with Gasteiger partial charge < -0.3 is 15.2 Å². The van der Waals surface area contributed by atoms with Gasteiger partial charge in [-0.1, -0.05) is 0 Å². The minimum atomic E-state index is -0.400. The highest BCUT2D eigenvalue weighted by molar-refractivity contribution is 7.16. The molecule has 0 spiro atoms. The van der Waals surface area contributed by atoms with Crippen molar-refractivity contribution in [1.29, 1.82) is 0 Å². The number of nitrogen functional groups attached to an aromatic ring is 1. The highest BCUT2D eigenvalue weighted by atomic mass is 32.1. The maximum Gasteiger partial charge on any atom is 0.341 e. The first-order valence-electron chi connectivity index (χ1n) is 5.65. The summed E-state index contributed by atoms with van der Waals surface area (Å²) in [5.41, 5.74) is 7.05. The summed E-state index contributed by atoms with van der Waals surface area (Å²) < 4.78 is 9.82. The summed E-state index contributed by atoms with van der Waals surface area (Å²) in [5.74, 6) is -0.717. The van der Waals surface area contributed by atoms with E-state index in [0.29, 0.717) is 30.2 Å². The molecule has 2 N–H and O–H groups in total. The zero-order chi connectivity index (χ0) is 13.7. The Morgan fingerprint density at radius 2 is 2.00 bits per heavy atom. The summed E-state index contributed by atoms with van der Waals surface area (Å²) >= 11 is 1.33. The molecule has 0 bridgehead atoms. The predicted molar refractivity (Wildman–Crippen MR) is 69.8 cm³/mol. The van der Waals surface area contributed by atoms with E-state index in [1.54, 1.807) is 6.92 Å². The van der Waals surface area contributed by atoms with Crippen LogP contribution in [0.25, 0.3) is 0 Å². The molecule has 0 saturated carbocycles. The molecule has 6 heteroatoms. The lowest BCUT2D eigenvalue weighted by molar-refractivity contribution is -0.140. The van der Waals surface area contributed by atoms with E-state index in [4.69, 9.17) is 15.2 Å². The van der Waals surface area contributed by atoms with Crippen molar-refractivity contribution in [1.82, 2.24) is 0 Å². The van der Waals surface area contributed by atoms with Crippen molar-refractivity contribution < 1.29 is 19.1 Å². The molecule has 1 rings (SSSR count). The van der Waals surface area contributed by atoms with Gasteiger partial charge in [-0.25, -0.2) is 4.79 Å². The standard InChI is InChI=1S/C12H17NO4S/c1-4-16-12(15)10-7(2)9(18-11(10)13)5-6-17-8(3)14/h4-6,13H2,1-3H3. The lowest BCUT2D eigenvalue weighted by atomic mass is 10.1. The molecule has 1 aromatic heterocycles. The molecule has 0 atom stereocenters. The Morgan fingerprint density at radius 3 is 2.56 bits per heavy atom. The SMILES string of the molecule is CCOC(=O)c1c(N)sc(CCOC(C)=O)c1C. The van der Waals surface area contributed by atoms with Gasteiger partial charge in [0.15, 0.2) is 0 Å². The zero-order valence-corrected chi connectivity index (χ0v) is 11.6. The molecule has 0 amide bonds. The number of carbonyl (C=O) groups excluding carboxylic acids is 2. The summed E-state index contributed by atoms with van der Waals surface area (Å²) in [6.45, 7) is 5.54. The molecule has 1 aromatic rings. The van der Waals surface area contributed by atoms with Gasteiger partial charge in [-0.05, 0) is 19.4 Å². The van der Waals surface area contributed by atoms with E-state index in [0.717, 1.165) is 10.4 Å². The average molecular weight is 271 g/mol. The van der Waals surface area contributed by atoms with Crippen LogP contribution in [0.1, 0.15) is 34.6 Å². The summed E-state index contributed by atoms with van der Waals surface area (Å²) in [6, 6.07) is 0. The second kappa shape index (κ2) is 6.39. The molecule has 0 radical (unpaired) electrons. The van der Waals surface area contributed by atoms with Crippen LogP contribution < -0.4 is 5.73 Å². The van der Waals surface area contributed by atoms with E-state index >= 15 is 0 Å². The van der Waals surface area contributed by atoms with Gasteiger partial charge in [-0.3, -0.25) is 4.79 Å². The van der Waals surface area contributed by atoms with Crippen LogP contribution in [0.3, 0.4) is 0 Å². The Balaban J connectivity index is 2.80. The van der Waals surface area contributed by atoms with Crippen molar-refractivity contribution in [3.05, 3.63) is 16.0 Å². The van der Waals surface area contributed by atoms with E-state index < -0.39 is 5.97 Å². The van der Waals surface area contributed by atoms with Crippen LogP contribution in [0.15, 0.2) is 0 Å². The smallest absolute Gasteiger partial charge is 0.341 e. The predicted octanol–water partition coefficient (Wildman–Crippen LogP) is 1.92. The van der Waals surface area contributed by atoms with Crippen molar-refractivity contribution >= 4 is 28.3 Å². The van der Waals surface area contributed by atoms with E-state index in [1.807, 2.05) is 6.92 Å². The minimum absolute atomic E-state index is 0.290. The minimum Gasteiger partial charge on any atom is -0.465 e. The number of hydrogen-bond donors (Lipinski definition) is 1. The molecular formula is C12H17NO4S. The number of ether oxygens (including phenoxy) is 2. The highest BCUT2D eigenvalue weighted by Gasteiger charge is 2.20. The monoisotopic (exact) mass is 271 g/mol. The van der Waals surface area contributed by atoms with Gasteiger partial charge in [-0.15, -0.1) is 11.3 Å². The van der Waals surface area contributed by atoms with Crippen LogP contribution in [-0.4, -0.2) is 25.2 Å². The number of hydrogen-bond acceptors (Lipinski definition) is 6. The molecule has 0 saturated heterocycles. The van der Waals surface area contributed by atoms with E-state index in [-0.39, 0.29) is 5.97 Å². The maximum atomic E-state index is 11.7. The topological polar surface area (TPSA) is 78.6 Å². The molecule has 18 heavy (non-hydrogen) atoms. The number of rotatable bonds is 5. The molecule has 0 fully saturated rings. The quantitative estimate of drug-likeness (QED) is 0.828. The maximum absolute atomic E-state index is 11.7. The third-order valence-electron chi connectivity index (χ3n) is 2.39. The second-order valence-corrected chi connectivity index (χ2v) is 4.84. The number of carbonyl (C=O) groups is 2. The molecule has 5 nitrogen and oxygen atoms in total. The van der Waals surface area contributed by atoms with Crippen molar-refractivity contribution in [2.75, 3.05) is 18.9 Å². The zero-order valence-electron chi connectivity index (χ0n) is 10.7. The summed E-state index contributed by atoms with van der Waals surface area (Å²) in [6.07, 6.45) is 0.555. The van der Waals surface area contributed by atoms with E-state index in [1.165, 1.54) is 18.3 Å². The first-order valence-corrected chi connectivity index (χ1v) is 6.47. The van der Waals surface area contributed by atoms with Crippen LogP contribution in [0.5, 0.6) is 0 Å². The fourth-order valence-corrected chi connectivity index (χ4v) is 2.61. The van der Waals surface area contributed by atoms with E-state index in [9.17, 15) is 9.59 Å². The fraction of sp³-hybridized carbons (Fsp3) is 0.500. The summed E-state index contributed by atoms with van der Waals surface area (Å²) in [5, 5.41) is 0.448. The summed E-state index contributed by atoms with van der Waals surface area (Å²) in [7, 11) is 0. The molecule has 0 aliphatic carbocycles. The Bertz CT molecular complexity index is 453. The van der Waals surface area contributed by atoms with Crippen molar-refractivity contribution in [2.45, 2.75) is 27.2 Å². The lowest BCUT2D eigenvalue weighted by Gasteiger charge is -2.03. The lowest BCUT2D eigenvalue weighted by Crippen LogP contribution is -2.08. The third-order valence-corrected chi connectivity index (χ3v) is 3.57. The molecular weight excluding hydrogens is 254 g/mol. The van der Waals surface area contributed by atoms with Crippen molar-refractivity contribution in [3.8, 4) is 0 Å². The van der Waals surface area contributed by atoms with E-state index in [2.05, 4.69) is 0 Å². The first kappa shape index (κ1) is 14.5. The van der Waals surface area contributed by atoms with Crippen molar-refractivity contribution in [2.24, 2.45) is 0 Å². The number of nitrogens with two attached hydrogens (primary N) is 1. The Morgan fingerprint density at radius 1 is 1.33 bits per heavy atom. The molecule has 0 aromatic carbocycles. The van der Waals surface area contributed by atoms with Crippen LogP contribution >= 0.6 is 11.3 Å². The number of thiophene rings is 1. The van der Waals surface area contributed by atoms with Crippen molar-refractivity contribution in [3.63, 3.8) is 0 Å². The molecule has 0 unspecified atom stereocenters. The van der Waals surface area contributed by atoms with Crippen LogP contribution in [-0.2, 0) is 20.7 Å². The Hall–Kier alpha value is -1.56. The van der Waals surface area contributed by atoms with Crippen LogP contribution in [0.4, 0.5) is 5.00 Å². The van der Waals surface area contributed by atoms with Gasteiger partial charge in [0, 0.05) is 18.2 Å². The van der Waals surface area contributed by atoms with Crippen LogP contribution in [0, 0.1) is 6.92 Å². The van der Waals surface area contributed by atoms with Gasteiger partial charge in [0.05, 0.1) is 18.8 Å². The molecule has 1 heterocycles.